The van der Waals surface area contributed by atoms with Crippen molar-refractivity contribution in [3.05, 3.63) is 28.2 Å². The van der Waals surface area contributed by atoms with Gasteiger partial charge in [-0.3, -0.25) is 4.21 Å². The molecular formula is C11H15Cl2NOS. The zero-order chi connectivity index (χ0) is 12.1. The van der Waals surface area contributed by atoms with E-state index < -0.39 is 10.8 Å². The molecule has 0 aliphatic carbocycles. The minimum Gasteiger partial charge on any atom is -0.314 e. The van der Waals surface area contributed by atoms with E-state index in [1.807, 2.05) is 0 Å². The van der Waals surface area contributed by atoms with Crippen LogP contribution in [0.25, 0.3) is 0 Å². The van der Waals surface area contributed by atoms with E-state index in [1.165, 1.54) is 0 Å². The summed E-state index contributed by atoms with van der Waals surface area (Å²) in [6, 6.07) is 5.42. The Morgan fingerprint density at radius 2 is 2.06 bits per heavy atom. The zero-order valence-corrected chi connectivity index (χ0v) is 11.6. The van der Waals surface area contributed by atoms with E-state index >= 15 is 0 Å². The van der Waals surface area contributed by atoms with Gasteiger partial charge in [0.05, 0.1) is 20.7 Å². The van der Waals surface area contributed by atoms with Gasteiger partial charge in [0.2, 0.25) is 0 Å². The Labute approximate surface area is 109 Å². The summed E-state index contributed by atoms with van der Waals surface area (Å²) in [7, 11) is -1.10. The van der Waals surface area contributed by atoms with Crippen LogP contribution in [0.5, 0.6) is 0 Å². The SMILES string of the molecule is CC(C)NCCS(=O)c1cc(Cl)ccc1Cl. The molecule has 1 atom stereocenters. The highest BCUT2D eigenvalue weighted by molar-refractivity contribution is 7.85. The summed E-state index contributed by atoms with van der Waals surface area (Å²) in [5.41, 5.74) is 0. The van der Waals surface area contributed by atoms with Gasteiger partial charge < -0.3 is 5.32 Å². The maximum absolute atomic E-state index is 11.9. The highest BCUT2D eigenvalue weighted by atomic mass is 35.5. The molecule has 0 aliphatic heterocycles. The van der Waals surface area contributed by atoms with Gasteiger partial charge in [-0.15, -0.1) is 0 Å². The minimum atomic E-state index is -1.10. The van der Waals surface area contributed by atoms with Gasteiger partial charge in [0.15, 0.2) is 0 Å². The lowest BCUT2D eigenvalue weighted by molar-refractivity contribution is 0.610. The van der Waals surface area contributed by atoms with Crippen LogP contribution in [-0.2, 0) is 10.8 Å². The number of hydrogen-bond donors (Lipinski definition) is 1. The van der Waals surface area contributed by atoms with E-state index in [0.717, 1.165) is 0 Å². The van der Waals surface area contributed by atoms with E-state index in [-0.39, 0.29) is 0 Å². The Hall–Kier alpha value is -0.0900. The average molecular weight is 280 g/mol. The highest BCUT2D eigenvalue weighted by Gasteiger charge is 2.09. The third kappa shape index (κ3) is 4.42. The fraction of sp³-hybridized carbons (Fsp3) is 0.455. The lowest BCUT2D eigenvalue weighted by Gasteiger charge is -2.08. The first-order chi connectivity index (χ1) is 7.50. The second kappa shape index (κ2) is 6.60. The van der Waals surface area contributed by atoms with Crippen molar-refractivity contribution in [3.8, 4) is 0 Å². The van der Waals surface area contributed by atoms with E-state index in [9.17, 15) is 4.21 Å². The summed E-state index contributed by atoms with van der Waals surface area (Å²) >= 11 is 11.8. The zero-order valence-electron chi connectivity index (χ0n) is 9.30. The van der Waals surface area contributed by atoms with E-state index in [2.05, 4.69) is 19.2 Å². The molecule has 2 nitrogen and oxygen atoms in total. The van der Waals surface area contributed by atoms with Gasteiger partial charge in [0.1, 0.15) is 0 Å². The molecule has 16 heavy (non-hydrogen) atoms. The summed E-state index contributed by atoms with van der Waals surface area (Å²) < 4.78 is 11.9. The van der Waals surface area contributed by atoms with Crippen molar-refractivity contribution in [1.29, 1.82) is 0 Å². The largest absolute Gasteiger partial charge is 0.314 e. The molecule has 5 heteroatoms. The monoisotopic (exact) mass is 279 g/mol. The first kappa shape index (κ1) is 14.0. The van der Waals surface area contributed by atoms with E-state index in [4.69, 9.17) is 23.2 Å². The standard InChI is InChI=1S/C11H15Cl2NOS/c1-8(2)14-5-6-16(15)11-7-9(12)3-4-10(11)13/h3-4,7-8,14H,5-6H2,1-2H3. The van der Waals surface area contributed by atoms with Crippen LogP contribution in [-0.4, -0.2) is 22.5 Å². The van der Waals surface area contributed by atoms with Crippen LogP contribution in [0.3, 0.4) is 0 Å². The summed E-state index contributed by atoms with van der Waals surface area (Å²) in [6.45, 7) is 4.80. The molecule has 1 N–H and O–H groups in total. The second-order valence-electron chi connectivity index (χ2n) is 3.73. The predicted octanol–water partition coefficient (Wildman–Crippen LogP) is 3.10. The molecule has 90 valence electrons. The van der Waals surface area contributed by atoms with Crippen molar-refractivity contribution in [3.63, 3.8) is 0 Å². The normalized spacial score (nSPS) is 13.1. The van der Waals surface area contributed by atoms with Crippen LogP contribution in [0.4, 0.5) is 0 Å². The molecular weight excluding hydrogens is 265 g/mol. The Balaban J connectivity index is 2.62. The van der Waals surface area contributed by atoms with Gasteiger partial charge >= 0.3 is 0 Å². The molecule has 0 fully saturated rings. The van der Waals surface area contributed by atoms with Crippen molar-refractivity contribution in [2.24, 2.45) is 0 Å². The number of hydrogen-bond acceptors (Lipinski definition) is 2. The summed E-state index contributed by atoms with van der Waals surface area (Å²) in [6.07, 6.45) is 0. The molecule has 0 heterocycles. The molecule has 0 spiro atoms. The summed E-state index contributed by atoms with van der Waals surface area (Å²) in [4.78, 5) is 0.611. The molecule has 1 unspecified atom stereocenters. The maximum Gasteiger partial charge on any atom is 0.0589 e. The van der Waals surface area contributed by atoms with Crippen molar-refractivity contribution in [1.82, 2.24) is 5.32 Å². The van der Waals surface area contributed by atoms with Crippen LogP contribution >= 0.6 is 23.2 Å². The average Bonchev–Trinajstić information content (AvgIpc) is 2.21. The second-order valence-corrected chi connectivity index (χ2v) is 6.12. The first-order valence-corrected chi connectivity index (χ1v) is 7.15. The Morgan fingerprint density at radius 1 is 1.38 bits per heavy atom. The molecule has 0 amide bonds. The molecule has 0 radical (unpaired) electrons. The van der Waals surface area contributed by atoms with Crippen molar-refractivity contribution < 1.29 is 4.21 Å². The van der Waals surface area contributed by atoms with Gasteiger partial charge in [-0.1, -0.05) is 37.0 Å². The smallest absolute Gasteiger partial charge is 0.0589 e. The van der Waals surface area contributed by atoms with Gasteiger partial charge in [-0.05, 0) is 18.2 Å². The molecule has 1 aromatic rings. The van der Waals surface area contributed by atoms with E-state index in [0.29, 0.717) is 33.3 Å². The van der Waals surface area contributed by atoms with Crippen LogP contribution in [0.15, 0.2) is 23.1 Å². The topological polar surface area (TPSA) is 29.1 Å². The third-order valence-electron chi connectivity index (χ3n) is 1.98. The molecule has 1 rings (SSSR count). The number of benzene rings is 1. The van der Waals surface area contributed by atoms with Gasteiger partial charge in [-0.25, -0.2) is 0 Å². The third-order valence-corrected chi connectivity index (χ3v) is 4.06. The minimum absolute atomic E-state index is 0.395. The molecule has 1 aromatic carbocycles. The highest BCUT2D eigenvalue weighted by Crippen LogP contribution is 2.23. The fourth-order valence-electron chi connectivity index (χ4n) is 1.20. The van der Waals surface area contributed by atoms with Crippen molar-refractivity contribution in [2.45, 2.75) is 24.8 Å². The van der Waals surface area contributed by atoms with Crippen LogP contribution in [0, 0.1) is 0 Å². The van der Waals surface area contributed by atoms with Crippen LogP contribution < -0.4 is 5.32 Å². The Morgan fingerprint density at radius 3 is 2.69 bits per heavy atom. The van der Waals surface area contributed by atoms with Crippen molar-refractivity contribution >= 4 is 34.0 Å². The van der Waals surface area contributed by atoms with Crippen LogP contribution in [0.2, 0.25) is 10.0 Å². The molecule has 0 saturated carbocycles. The molecule has 0 aromatic heterocycles. The Kier molecular flexibility index (Phi) is 5.76. The number of nitrogens with one attached hydrogen (secondary N) is 1. The van der Waals surface area contributed by atoms with Gasteiger partial charge in [0.25, 0.3) is 0 Å². The van der Waals surface area contributed by atoms with Crippen molar-refractivity contribution in [2.75, 3.05) is 12.3 Å². The first-order valence-electron chi connectivity index (χ1n) is 5.07. The number of rotatable bonds is 5. The molecule has 0 bridgehead atoms. The summed E-state index contributed by atoms with van der Waals surface area (Å²) in [5.74, 6) is 0.540. The molecule has 0 aliphatic rings. The number of halogens is 2. The predicted molar refractivity (Wildman–Crippen MR) is 70.9 cm³/mol. The lowest BCUT2D eigenvalue weighted by Crippen LogP contribution is -2.27. The Bertz CT molecular complexity index is 382. The maximum atomic E-state index is 11.9. The van der Waals surface area contributed by atoms with E-state index in [1.54, 1.807) is 18.2 Å². The van der Waals surface area contributed by atoms with Gasteiger partial charge in [0, 0.05) is 23.4 Å². The fourth-order valence-corrected chi connectivity index (χ4v) is 2.88. The van der Waals surface area contributed by atoms with Crippen LogP contribution in [0.1, 0.15) is 13.8 Å². The quantitative estimate of drug-likeness (QED) is 0.898. The molecule has 0 saturated heterocycles. The van der Waals surface area contributed by atoms with Gasteiger partial charge in [-0.2, -0.15) is 0 Å². The lowest BCUT2D eigenvalue weighted by atomic mass is 10.4. The summed E-state index contributed by atoms with van der Waals surface area (Å²) in [5, 5.41) is 4.28.